The van der Waals surface area contributed by atoms with Gasteiger partial charge in [0.25, 0.3) is 0 Å². The molecule has 0 unspecified atom stereocenters. The molecule has 0 radical (unpaired) electrons. The molecule has 1 aromatic carbocycles. The lowest BCUT2D eigenvalue weighted by atomic mass is 10.3. The molecule has 0 bridgehead atoms. The number of hydrazine groups is 1. The van der Waals surface area contributed by atoms with Crippen molar-refractivity contribution in [1.82, 2.24) is 9.97 Å². The molecule has 1 aromatic heterocycles. The summed E-state index contributed by atoms with van der Waals surface area (Å²) in [6.45, 7) is 3.20. The van der Waals surface area contributed by atoms with E-state index in [1.807, 2.05) is 42.2 Å². The van der Waals surface area contributed by atoms with Crippen LogP contribution in [0.2, 0.25) is 0 Å². The van der Waals surface area contributed by atoms with Gasteiger partial charge in [-0.15, -0.1) is 0 Å². The highest BCUT2D eigenvalue weighted by atomic mass is 16.3. The van der Waals surface area contributed by atoms with Gasteiger partial charge in [0.05, 0.1) is 12.3 Å². The number of benzene rings is 1. The van der Waals surface area contributed by atoms with Crippen LogP contribution >= 0.6 is 0 Å². The summed E-state index contributed by atoms with van der Waals surface area (Å²) < 4.78 is 0. The van der Waals surface area contributed by atoms with Crippen molar-refractivity contribution in [1.29, 1.82) is 0 Å². The SMILES string of the molecule is CCN(CCO)c1ncnc(NNc2ccccc2)c1N. The number of nitrogens with zero attached hydrogens (tertiary/aromatic N) is 3. The Kier molecular flexibility index (Phi) is 5.16. The Balaban J connectivity index is 2.13. The van der Waals surface area contributed by atoms with E-state index in [0.717, 1.165) is 5.69 Å². The van der Waals surface area contributed by atoms with Crippen LogP contribution < -0.4 is 21.5 Å². The van der Waals surface area contributed by atoms with Gasteiger partial charge in [-0.25, -0.2) is 9.97 Å². The minimum atomic E-state index is 0.0440. The largest absolute Gasteiger partial charge is 0.395 e. The molecule has 0 saturated heterocycles. The normalized spacial score (nSPS) is 10.2. The quantitative estimate of drug-likeness (QED) is 0.570. The first kappa shape index (κ1) is 14.9. The van der Waals surface area contributed by atoms with Gasteiger partial charge in [-0.05, 0) is 19.1 Å². The van der Waals surface area contributed by atoms with Gasteiger partial charge in [0.1, 0.15) is 12.0 Å². The Labute approximate surface area is 123 Å². The van der Waals surface area contributed by atoms with Gasteiger partial charge in [0.15, 0.2) is 11.6 Å². The molecule has 7 heteroatoms. The van der Waals surface area contributed by atoms with Gasteiger partial charge >= 0.3 is 0 Å². The van der Waals surface area contributed by atoms with E-state index in [9.17, 15) is 0 Å². The van der Waals surface area contributed by atoms with Crippen molar-refractivity contribution in [3.63, 3.8) is 0 Å². The topological polar surface area (TPSA) is 99.3 Å². The van der Waals surface area contributed by atoms with Crippen LogP contribution in [0.1, 0.15) is 6.92 Å². The van der Waals surface area contributed by atoms with Crippen LogP contribution in [0.5, 0.6) is 0 Å². The molecular weight excluding hydrogens is 268 g/mol. The number of rotatable bonds is 7. The van der Waals surface area contributed by atoms with Gasteiger partial charge in [-0.2, -0.15) is 0 Å². The van der Waals surface area contributed by atoms with Gasteiger partial charge in [-0.3, -0.25) is 10.9 Å². The van der Waals surface area contributed by atoms with E-state index in [1.54, 1.807) is 0 Å². The summed E-state index contributed by atoms with van der Waals surface area (Å²) in [7, 11) is 0. The molecule has 0 aliphatic rings. The number of anilines is 4. The number of likely N-dealkylation sites (N-methyl/N-ethyl adjacent to an activating group) is 1. The maximum absolute atomic E-state index is 9.09. The highest BCUT2D eigenvalue weighted by Crippen LogP contribution is 2.25. The number of hydrogen-bond donors (Lipinski definition) is 4. The van der Waals surface area contributed by atoms with Crippen molar-refractivity contribution in [2.24, 2.45) is 0 Å². The maximum atomic E-state index is 9.09. The third-order valence-electron chi connectivity index (χ3n) is 3.01. The van der Waals surface area contributed by atoms with E-state index >= 15 is 0 Å². The first-order valence-electron chi connectivity index (χ1n) is 6.79. The number of nitrogens with two attached hydrogens (primary N) is 1. The molecule has 0 fully saturated rings. The van der Waals surface area contributed by atoms with Crippen LogP contribution in [0.3, 0.4) is 0 Å². The summed E-state index contributed by atoms with van der Waals surface area (Å²) in [5.74, 6) is 1.11. The highest BCUT2D eigenvalue weighted by Gasteiger charge is 2.13. The number of para-hydroxylation sites is 1. The van der Waals surface area contributed by atoms with Crippen LogP contribution in [-0.2, 0) is 0 Å². The van der Waals surface area contributed by atoms with E-state index in [4.69, 9.17) is 10.8 Å². The fourth-order valence-electron chi connectivity index (χ4n) is 1.93. The fraction of sp³-hybridized carbons (Fsp3) is 0.286. The summed E-state index contributed by atoms with van der Waals surface area (Å²) in [6.07, 6.45) is 1.45. The standard InChI is InChI=1S/C14H20N6O/c1-2-20(8-9-21)14-12(15)13(16-10-17-14)19-18-11-6-4-3-5-7-11/h3-7,10,18,21H,2,8-9,15H2,1H3,(H,16,17,19). The molecule has 0 aliphatic heterocycles. The minimum absolute atomic E-state index is 0.0440. The van der Waals surface area contributed by atoms with Gasteiger partial charge < -0.3 is 15.7 Å². The smallest absolute Gasteiger partial charge is 0.173 e. The van der Waals surface area contributed by atoms with E-state index in [0.29, 0.717) is 30.4 Å². The van der Waals surface area contributed by atoms with Crippen molar-refractivity contribution in [3.05, 3.63) is 36.7 Å². The Hall–Kier alpha value is -2.54. The summed E-state index contributed by atoms with van der Waals surface area (Å²) in [5, 5.41) is 9.09. The Morgan fingerprint density at radius 1 is 1.19 bits per heavy atom. The lowest BCUT2D eigenvalue weighted by Crippen LogP contribution is -2.28. The van der Waals surface area contributed by atoms with Crippen LogP contribution in [0, 0.1) is 0 Å². The molecule has 0 spiro atoms. The van der Waals surface area contributed by atoms with E-state index in [2.05, 4.69) is 20.8 Å². The molecule has 2 rings (SSSR count). The predicted octanol–water partition coefficient (Wildman–Crippen LogP) is 1.32. The second-order valence-corrected chi connectivity index (χ2v) is 4.38. The average Bonchev–Trinajstić information content (AvgIpc) is 2.53. The molecule has 7 nitrogen and oxygen atoms in total. The molecule has 112 valence electrons. The van der Waals surface area contributed by atoms with Gasteiger partial charge in [0.2, 0.25) is 0 Å². The molecular formula is C14H20N6O. The number of nitrogen functional groups attached to an aromatic ring is 1. The maximum Gasteiger partial charge on any atom is 0.173 e. The predicted molar refractivity (Wildman–Crippen MR) is 85.1 cm³/mol. The second-order valence-electron chi connectivity index (χ2n) is 4.38. The molecule has 0 saturated carbocycles. The molecule has 0 aliphatic carbocycles. The molecule has 5 N–H and O–H groups in total. The van der Waals surface area contributed by atoms with Crippen LogP contribution in [0.15, 0.2) is 36.7 Å². The van der Waals surface area contributed by atoms with Gasteiger partial charge in [0, 0.05) is 13.1 Å². The average molecular weight is 288 g/mol. The fourth-order valence-corrected chi connectivity index (χ4v) is 1.93. The molecule has 0 atom stereocenters. The lowest BCUT2D eigenvalue weighted by Gasteiger charge is -2.23. The van der Waals surface area contributed by atoms with Crippen molar-refractivity contribution in [2.45, 2.75) is 6.92 Å². The van der Waals surface area contributed by atoms with E-state index in [-0.39, 0.29) is 6.61 Å². The first-order chi connectivity index (χ1) is 10.3. The zero-order valence-corrected chi connectivity index (χ0v) is 12.0. The Morgan fingerprint density at radius 3 is 2.62 bits per heavy atom. The Bertz CT molecular complexity index is 563. The van der Waals surface area contributed by atoms with Crippen molar-refractivity contribution >= 4 is 23.0 Å². The molecule has 0 amide bonds. The number of aromatic nitrogens is 2. The lowest BCUT2D eigenvalue weighted by molar-refractivity contribution is 0.302. The van der Waals surface area contributed by atoms with Crippen LogP contribution in [0.25, 0.3) is 0 Å². The van der Waals surface area contributed by atoms with Crippen molar-refractivity contribution in [2.75, 3.05) is 41.2 Å². The summed E-state index contributed by atoms with van der Waals surface area (Å²) in [6, 6.07) is 9.65. The molecule has 2 aromatic rings. The third kappa shape index (κ3) is 3.73. The second kappa shape index (κ2) is 7.30. The highest BCUT2D eigenvalue weighted by molar-refractivity contribution is 5.75. The number of aliphatic hydroxyl groups excluding tert-OH is 1. The minimum Gasteiger partial charge on any atom is -0.395 e. The number of hydrogen-bond acceptors (Lipinski definition) is 7. The zero-order valence-electron chi connectivity index (χ0n) is 12.0. The first-order valence-corrected chi connectivity index (χ1v) is 6.79. The van der Waals surface area contributed by atoms with E-state index < -0.39 is 0 Å². The molecule has 21 heavy (non-hydrogen) atoms. The number of nitrogens with one attached hydrogen (secondary N) is 2. The summed E-state index contributed by atoms with van der Waals surface area (Å²) in [4.78, 5) is 10.2. The summed E-state index contributed by atoms with van der Waals surface area (Å²) >= 11 is 0. The zero-order chi connectivity index (χ0) is 15.1. The third-order valence-corrected chi connectivity index (χ3v) is 3.01. The van der Waals surface area contributed by atoms with Crippen LogP contribution in [0.4, 0.5) is 23.0 Å². The van der Waals surface area contributed by atoms with Gasteiger partial charge in [-0.1, -0.05) is 18.2 Å². The van der Waals surface area contributed by atoms with Crippen molar-refractivity contribution < 1.29 is 5.11 Å². The van der Waals surface area contributed by atoms with Crippen LogP contribution in [-0.4, -0.2) is 34.8 Å². The summed E-state index contributed by atoms with van der Waals surface area (Å²) in [5.41, 5.74) is 13.5. The Morgan fingerprint density at radius 2 is 1.95 bits per heavy atom. The van der Waals surface area contributed by atoms with E-state index in [1.165, 1.54) is 6.33 Å². The van der Waals surface area contributed by atoms with Crippen molar-refractivity contribution in [3.8, 4) is 0 Å². The number of aliphatic hydroxyl groups is 1. The monoisotopic (exact) mass is 288 g/mol. The molecule has 1 heterocycles.